The van der Waals surface area contributed by atoms with Crippen molar-refractivity contribution in [3.05, 3.63) is 62.8 Å². The molecular weight excluding hydrogens is 352 g/mol. The highest BCUT2D eigenvalue weighted by Crippen LogP contribution is 2.19. The van der Waals surface area contributed by atoms with Crippen LogP contribution in [-0.2, 0) is 24.3 Å². The fraction of sp³-hybridized carbons (Fsp3) is 0.500. The van der Waals surface area contributed by atoms with Crippen molar-refractivity contribution in [3.63, 3.8) is 0 Å². The molecule has 0 aliphatic carbocycles. The van der Waals surface area contributed by atoms with Gasteiger partial charge in [0.1, 0.15) is 5.82 Å². The molecule has 2 aromatic rings. The molecule has 1 aliphatic heterocycles. The van der Waals surface area contributed by atoms with E-state index in [0.29, 0.717) is 23.6 Å². The number of amides is 1. The number of rotatable bonds is 6. The van der Waals surface area contributed by atoms with Gasteiger partial charge in [-0.05, 0) is 50.3 Å². The smallest absolute Gasteiger partial charge is 0.254 e. The summed E-state index contributed by atoms with van der Waals surface area (Å²) in [7, 11) is 0. The van der Waals surface area contributed by atoms with E-state index in [4.69, 9.17) is 0 Å². The molecule has 1 saturated heterocycles. The topological polar surface area (TPSA) is 78.1 Å². The van der Waals surface area contributed by atoms with Crippen molar-refractivity contribution < 1.29 is 4.79 Å². The molecule has 3 rings (SSSR count). The number of H-pyrrole nitrogens is 1. The fourth-order valence-electron chi connectivity index (χ4n) is 3.93. The maximum Gasteiger partial charge on any atom is 0.254 e. The van der Waals surface area contributed by atoms with Crippen molar-refractivity contribution in [1.29, 1.82) is 0 Å². The summed E-state index contributed by atoms with van der Waals surface area (Å²) in [6, 6.07) is 8.26. The number of aryl methyl sites for hydroxylation is 2. The van der Waals surface area contributed by atoms with Gasteiger partial charge >= 0.3 is 0 Å². The van der Waals surface area contributed by atoms with Crippen LogP contribution in [0.4, 0.5) is 0 Å². The van der Waals surface area contributed by atoms with Gasteiger partial charge in [0.15, 0.2) is 0 Å². The summed E-state index contributed by atoms with van der Waals surface area (Å²) >= 11 is 0. The first kappa shape index (κ1) is 20.3. The van der Waals surface area contributed by atoms with Crippen LogP contribution in [0.5, 0.6) is 0 Å². The molecule has 1 aromatic heterocycles. The van der Waals surface area contributed by atoms with Gasteiger partial charge in [-0.25, -0.2) is 4.98 Å². The summed E-state index contributed by atoms with van der Waals surface area (Å²) < 4.78 is 0. The highest BCUT2D eigenvalue weighted by atomic mass is 16.2. The molecule has 150 valence electrons. The molecule has 1 aromatic carbocycles. The first-order valence-corrected chi connectivity index (χ1v) is 10.0. The Kier molecular flexibility index (Phi) is 6.62. The normalized spacial score (nSPS) is 17.5. The first-order valence-electron chi connectivity index (χ1n) is 10.0. The molecule has 1 aliphatic rings. The minimum atomic E-state index is -0.236. The van der Waals surface area contributed by atoms with Crippen molar-refractivity contribution in [3.8, 4) is 0 Å². The second-order valence-electron chi connectivity index (χ2n) is 7.92. The molecular formula is C22H30N4O2. The molecule has 0 saturated carbocycles. The van der Waals surface area contributed by atoms with Crippen LogP contribution in [0.15, 0.2) is 29.1 Å². The van der Waals surface area contributed by atoms with Gasteiger partial charge in [0, 0.05) is 30.9 Å². The Bertz CT molecular complexity index is 890. The monoisotopic (exact) mass is 382 g/mol. The van der Waals surface area contributed by atoms with E-state index in [1.165, 1.54) is 18.4 Å². The number of hydrogen-bond acceptors (Lipinski definition) is 4. The number of aromatic nitrogens is 2. The van der Waals surface area contributed by atoms with E-state index in [1.807, 2.05) is 6.07 Å². The standard InChI is InChI=1S/C22H30N4O2/c1-15-7-6-10-26(13-15)14-19-9-5-4-8-18(19)12-23-21(27)11-20-16(2)24-17(3)25-22(20)28/h4-5,8-9,15H,6-7,10-14H2,1-3H3,(H,23,27)(H,24,25,28)/t15-/m1/s1. The fourth-order valence-corrected chi connectivity index (χ4v) is 3.93. The van der Waals surface area contributed by atoms with E-state index in [0.717, 1.165) is 31.1 Å². The third-order valence-corrected chi connectivity index (χ3v) is 5.41. The number of nitrogens with one attached hydrogen (secondary N) is 2. The third kappa shape index (κ3) is 5.29. The molecule has 0 unspecified atom stereocenters. The Morgan fingerprint density at radius 1 is 1.29 bits per heavy atom. The maximum atomic E-state index is 12.4. The molecule has 6 nitrogen and oxygen atoms in total. The summed E-state index contributed by atoms with van der Waals surface area (Å²) in [4.78, 5) is 33.9. The van der Waals surface area contributed by atoms with Crippen molar-refractivity contribution in [2.75, 3.05) is 13.1 Å². The molecule has 2 heterocycles. The number of nitrogens with zero attached hydrogens (tertiary/aromatic N) is 2. The zero-order valence-corrected chi connectivity index (χ0v) is 17.0. The largest absolute Gasteiger partial charge is 0.352 e. The second kappa shape index (κ2) is 9.15. The Balaban J connectivity index is 1.62. The molecule has 0 radical (unpaired) electrons. The minimum Gasteiger partial charge on any atom is -0.352 e. The summed E-state index contributed by atoms with van der Waals surface area (Å²) in [5.74, 6) is 1.14. The molecule has 1 atom stereocenters. The zero-order chi connectivity index (χ0) is 20.1. The molecule has 6 heteroatoms. The number of benzene rings is 1. The summed E-state index contributed by atoms with van der Waals surface area (Å²) in [5.41, 5.74) is 3.18. The number of hydrogen-bond donors (Lipinski definition) is 2. The van der Waals surface area contributed by atoms with E-state index < -0.39 is 0 Å². The Morgan fingerprint density at radius 3 is 2.75 bits per heavy atom. The van der Waals surface area contributed by atoms with Crippen LogP contribution in [-0.4, -0.2) is 33.9 Å². The average molecular weight is 383 g/mol. The van der Waals surface area contributed by atoms with E-state index in [2.05, 4.69) is 45.3 Å². The predicted octanol–water partition coefficient (Wildman–Crippen LogP) is 2.48. The summed E-state index contributed by atoms with van der Waals surface area (Å²) in [5, 5.41) is 2.96. The quantitative estimate of drug-likeness (QED) is 0.805. The number of carbonyl (C=O) groups excluding carboxylic acids is 1. The zero-order valence-electron chi connectivity index (χ0n) is 17.0. The van der Waals surface area contributed by atoms with Gasteiger partial charge in [0.25, 0.3) is 5.56 Å². The lowest BCUT2D eigenvalue weighted by Crippen LogP contribution is -2.34. The van der Waals surface area contributed by atoms with Crippen LogP contribution in [0.3, 0.4) is 0 Å². The Hall–Kier alpha value is -2.47. The molecule has 1 amide bonds. The first-order chi connectivity index (χ1) is 13.4. The van der Waals surface area contributed by atoms with Gasteiger partial charge in [-0.1, -0.05) is 31.2 Å². The molecule has 1 fully saturated rings. The van der Waals surface area contributed by atoms with Gasteiger partial charge in [-0.2, -0.15) is 0 Å². The minimum absolute atomic E-state index is 0.0419. The lowest BCUT2D eigenvalue weighted by molar-refractivity contribution is -0.120. The van der Waals surface area contributed by atoms with Gasteiger partial charge < -0.3 is 10.3 Å². The lowest BCUT2D eigenvalue weighted by Gasteiger charge is -2.31. The van der Waals surface area contributed by atoms with Crippen LogP contribution >= 0.6 is 0 Å². The van der Waals surface area contributed by atoms with Gasteiger partial charge in [0.05, 0.1) is 6.42 Å². The highest BCUT2D eigenvalue weighted by molar-refractivity contribution is 5.78. The maximum absolute atomic E-state index is 12.4. The van der Waals surface area contributed by atoms with Crippen molar-refractivity contribution >= 4 is 5.91 Å². The van der Waals surface area contributed by atoms with E-state index >= 15 is 0 Å². The van der Waals surface area contributed by atoms with E-state index in [1.54, 1.807) is 13.8 Å². The number of piperidine rings is 1. The second-order valence-corrected chi connectivity index (χ2v) is 7.92. The highest BCUT2D eigenvalue weighted by Gasteiger charge is 2.17. The average Bonchev–Trinajstić information content (AvgIpc) is 2.64. The van der Waals surface area contributed by atoms with Gasteiger partial charge in [-0.3, -0.25) is 14.5 Å². The van der Waals surface area contributed by atoms with Crippen molar-refractivity contribution in [2.45, 2.75) is 53.1 Å². The predicted molar refractivity (Wildman–Crippen MR) is 110 cm³/mol. The van der Waals surface area contributed by atoms with Gasteiger partial charge in [0.2, 0.25) is 5.91 Å². The molecule has 0 bridgehead atoms. The molecule has 0 spiro atoms. The molecule has 2 N–H and O–H groups in total. The Labute approximate surface area is 166 Å². The SMILES string of the molecule is Cc1nc(C)c(CC(=O)NCc2ccccc2CN2CCC[C@@H](C)C2)c(=O)[nH]1. The van der Waals surface area contributed by atoms with Crippen molar-refractivity contribution in [2.24, 2.45) is 5.92 Å². The van der Waals surface area contributed by atoms with Crippen molar-refractivity contribution in [1.82, 2.24) is 20.2 Å². The van der Waals surface area contributed by atoms with E-state index in [9.17, 15) is 9.59 Å². The van der Waals surface area contributed by atoms with Crippen LogP contribution in [0.25, 0.3) is 0 Å². The summed E-state index contributed by atoms with van der Waals surface area (Å²) in [6.07, 6.45) is 2.60. The van der Waals surface area contributed by atoms with Crippen LogP contribution in [0.2, 0.25) is 0 Å². The van der Waals surface area contributed by atoms with Gasteiger partial charge in [-0.15, -0.1) is 0 Å². The number of carbonyl (C=O) groups is 1. The lowest BCUT2D eigenvalue weighted by atomic mass is 9.99. The third-order valence-electron chi connectivity index (χ3n) is 5.41. The summed E-state index contributed by atoms with van der Waals surface area (Å²) in [6.45, 7) is 9.45. The van der Waals surface area contributed by atoms with Crippen LogP contribution in [0.1, 0.15) is 48.0 Å². The van der Waals surface area contributed by atoms with Crippen LogP contribution in [0, 0.1) is 19.8 Å². The van der Waals surface area contributed by atoms with Crippen LogP contribution < -0.4 is 10.9 Å². The Morgan fingerprint density at radius 2 is 2.04 bits per heavy atom. The number of likely N-dealkylation sites (tertiary alicyclic amines) is 1. The van der Waals surface area contributed by atoms with E-state index in [-0.39, 0.29) is 17.9 Å². The molecule has 28 heavy (non-hydrogen) atoms. The number of aromatic amines is 1.